The Labute approximate surface area is 363 Å². The smallest absolute Gasteiger partial charge is 0.145 e. The topological polar surface area (TPSA) is 21.3 Å². The molecule has 3 nitrogen and oxygen atoms in total. The number of fused-ring (bicyclic) bond motifs is 10. The summed E-state index contributed by atoms with van der Waals surface area (Å²) in [6.07, 6.45) is 0. The fraction of sp³-hybridized carbons (Fsp3) is 0. The number of nitrogens with zero attached hydrogens (tertiary/aromatic N) is 2. The second-order valence-electron chi connectivity index (χ2n) is 16.4. The predicted octanol–water partition coefficient (Wildman–Crippen LogP) is 16.9. The van der Waals surface area contributed by atoms with Crippen LogP contribution in [-0.4, -0.2) is 4.57 Å². The standard InChI is InChI=1S/C60H38N2O/c1-2-17-43(18-3-1)62-55-26-10-8-21-51(55)52-25-13-23-49(59(52)62)41-30-32-44(33-31-41)61(45-34-35-48-42(38-45)29-28-40-15-5-6-19-46(40)48)56-37-36-53(50-24-12-16-39-14-4-7-20-47(39)50)60-58(56)54-22-9-11-27-57(54)63-60/h1-38H. The lowest BCUT2D eigenvalue weighted by Crippen LogP contribution is -2.10. The lowest BCUT2D eigenvalue weighted by Gasteiger charge is -2.27. The lowest BCUT2D eigenvalue weighted by molar-refractivity contribution is 0.670. The van der Waals surface area contributed by atoms with E-state index < -0.39 is 0 Å². The molecule has 2 heterocycles. The maximum atomic E-state index is 6.93. The van der Waals surface area contributed by atoms with Crippen molar-refractivity contribution in [2.24, 2.45) is 0 Å². The van der Waals surface area contributed by atoms with Gasteiger partial charge in [-0.15, -0.1) is 0 Å². The Balaban J connectivity index is 1.05. The van der Waals surface area contributed by atoms with Crippen molar-refractivity contribution in [3.63, 3.8) is 0 Å². The fourth-order valence-corrected chi connectivity index (χ4v) is 10.1. The average molecular weight is 803 g/mol. The van der Waals surface area contributed by atoms with Gasteiger partial charge in [0.25, 0.3) is 0 Å². The maximum absolute atomic E-state index is 6.93. The summed E-state index contributed by atoms with van der Waals surface area (Å²) < 4.78 is 9.34. The second-order valence-corrected chi connectivity index (χ2v) is 16.4. The molecule has 0 spiro atoms. The Morgan fingerprint density at radius 2 is 0.984 bits per heavy atom. The van der Waals surface area contributed by atoms with E-state index in [1.165, 1.54) is 59.7 Å². The number of benzene rings is 11. The van der Waals surface area contributed by atoms with E-state index >= 15 is 0 Å². The Morgan fingerprint density at radius 3 is 1.84 bits per heavy atom. The molecule has 0 saturated heterocycles. The Kier molecular flexibility index (Phi) is 7.91. The third-order valence-corrected chi connectivity index (χ3v) is 13.0. The first kappa shape index (κ1) is 35.4. The predicted molar refractivity (Wildman–Crippen MR) is 266 cm³/mol. The molecular weight excluding hydrogens is 765 g/mol. The van der Waals surface area contributed by atoms with Gasteiger partial charge in [0.05, 0.1) is 22.1 Å². The van der Waals surface area contributed by atoms with Gasteiger partial charge in [0.2, 0.25) is 0 Å². The minimum atomic E-state index is 0.864. The quantitative estimate of drug-likeness (QED) is 0.156. The normalized spacial score (nSPS) is 11.8. The number of rotatable bonds is 6. The highest BCUT2D eigenvalue weighted by Crippen LogP contribution is 2.48. The summed E-state index contributed by atoms with van der Waals surface area (Å²) in [6.45, 7) is 0. The van der Waals surface area contributed by atoms with Gasteiger partial charge in [0, 0.05) is 44.3 Å². The first-order valence-corrected chi connectivity index (χ1v) is 21.6. The average Bonchev–Trinajstić information content (AvgIpc) is 3.91. The lowest BCUT2D eigenvalue weighted by atomic mass is 9.95. The molecule has 0 aliphatic rings. The van der Waals surface area contributed by atoms with E-state index in [9.17, 15) is 0 Å². The van der Waals surface area contributed by atoms with Crippen LogP contribution in [-0.2, 0) is 0 Å². The van der Waals surface area contributed by atoms with Crippen molar-refractivity contribution in [3.05, 3.63) is 231 Å². The zero-order valence-electron chi connectivity index (χ0n) is 34.2. The SMILES string of the molecule is c1ccc(-n2c3ccccc3c3cccc(-c4ccc(N(c5ccc6c(ccc7ccccc76)c5)c5ccc(-c6cccc7ccccc67)c6oc7ccccc7c56)cc4)c32)cc1. The number of hydrogen-bond acceptors (Lipinski definition) is 2. The highest BCUT2D eigenvalue weighted by Gasteiger charge is 2.24. The van der Waals surface area contributed by atoms with Gasteiger partial charge < -0.3 is 13.9 Å². The van der Waals surface area contributed by atoms with E-state index in [2.05, 4.69) is 240 Å². The zero-order chi connectivity index (χ0) is 41.4. The molecule has 0 saturated carbocycles. The van der Waals surface area contributed by atoms with Gasteiger partial charge in [-0.25, -0.2) is 0 Å². The summed E-state index contributed by atoms with van der Waals surface area (Å²) in [4.78, 5) is 2.41. The monoisotopic (exact) mass is 802 g/mol. The van der Waals surface area contributed by atoms with Gasteiger partial charge in [-0.1, -0.05) is 170 Å². The fourth-order valence-electron chi connectivity index (χ4n) is 10.1. The van der Waals surface area contributed by atoms with Gasteiger partial charge in [-0.3, -0.25) is 0 Å². The van der Waals surface area contributed by atoms with Crippen molar-refractivity contribution in [1.29, 1.82) is 0 Å². The molecule has 2 aromatic heterocycles. The highest BCUT2D eigenvalue weighted by atomic mass is 16.3. The van der Waals surface area contributed by atoms with Crippen molar-refractivity contribution < 1.29 is 4.42 Å². The molecule has 3 heteroatoms. The highest BCUT2D eigenvalue weighted by molar-refractivity contribution is 6.19. The molecule has 294 valence electrons. The van der Waals surface area contributed by atoms with E-state index in [4.69, 9.17) is 4.42 Å². The number of furan rings is 1. The summed E-state index contributed by atoms with van der Waals surface area (Å²) in [5, 5.41) is 12.0. The number of aromatic nitrogens is 1. The van der Waals surface area contributed by atoms with E-state index in [0.29, 0.717) is 0 Å². The van der Waals surface area contributed by atoms with Gasteiger partial charge >= 0.3 is 0 Å². The molecule has 0 N–H and O–H groups in total. The molecule has 0 aliphatic carbocycles. The largest absolute Gasteiger partial charge is 0.455 e. The summed E-state index contributed by atoms with van der Waals surface area (Å²) in [5.74, 6) is 0. The summed E-state index contributed by atoms with van der Waals surface area (Å²) in [7, 11) is 0. The van der Waals surface area contributed by atoms with Crippen LogP contribution in [0.15, 0.2) is 235 Å². The summed E-state index contributed by atoms with van der Waals surface area (Å²) in [5.41, 5.74) is 13.0. The molecule has 0 atom stereocenters. The molecule has 63 heavy (non-hydrogen) atoms. The number of anilines is 3. The first-order valence-electron chi connectivity index (χ1n) is 21.6. The van der Waals surface area contributed by atoms with Gasteiger partial charge in [0.1, 0.15) is 11.2 Å². The van der Waals surface area contributed by atoms with Crippen LogP contribution in [0.3, 0.4) is 0 Å². The minimum Gasteiger partial charge on any atom is -0.455 e. The molecule has 0 amide bonds. The van der Waals surface area contributed by atoms with Crippen molar-refractivity contribution >= 4 is 93.1 Å². The van der Waals surface area contributed by atoms with Crippen LogP contribution in [0, 0.1) is 0 Å². The number of para-hydroxylation sites is 4. The first-order chi connectivity index (χ1) is 31.3. The molecule has 11 aromatic carbocycles. The second kappa shape index (κ2) is 14.1. The van der Waals surface area contributed by atoms with E-state index in [1.807, 2.05) is 0 Å². The van der Waals surface area contributed by atoms with Gasteiger partial charge in [-0.05, 0) is 104 Å². The molecular formula is C60H38N2O. The van der Waals surface area contributed by atoms with Crippen LogP contribution in [0.25, 0.3) is 104 Å². The maximum Gasteiger partial charge on any atom is 0.145 e. The van der Waals surface area contributed by atoms with Crippen LogP contribution >= 0.6 is 0 Å². The van der Waals surface area contributed by atoms with Gasteiger partial charge in [0.15, 0.2) is 0 Å². The van der Waals surface area contributed by atoms with Crippen LogP contribution in [0.5, 0.6) is 0 Å². The Hall–Kier alpha value is -8.40. The molecule has 0 aliphatic heterocycles. The molecule has 0 bridgehead atoms. The summed E-state index contributed by atoms with van der Waals surface area (Å²) in [6, 6.07) is 83.4. The van der Waals surface area contributed by atoms with Crippen molar-refractivity contribution in [2.45, 2.75) is 0 Å². The molecule has 0 radical (unpaired) electrons. The molecule has 13 rings (SSSR count). The van der Waals surface area contributed by atoms with Crippen molar-refractivity contribution in [3.8, 4) is 27.9 Å². The third-order valence-electron chi connectivity index (χ3n) is 13.0. The molecule has 0 fully saturated rings. The number of hydrogen-bond donors (Lipinski definition) is 0. The Morgan fingerprint density at radius 1 is 0.365 bits per heavy atom. The van der Waals surface area contributed by atoms with Crippen LogP contribution in [0.4, 0.5) is 17.1 Å². The van der Waals surface area contributed by atoms with E-state index in [0.717, 1.165) is 61.4 Å². The Bertz CT molecular complexity index is 3910. The zero-order valence-corrected chi connectivity index (χ0v) is 34.2. The summed E-state index contributed by atoms with van der Waals surface area (Å²) >= 11 is 0. The van der Waals surface area contributed by atoms with E-state index in [1.54, 1.807) is 0 Å². The van der Waals surface area contributed by atoms with Crippen molar-refractivity contribution in [2.75, 3.05) is 4.90 Å². The van der Waals surface area contributed by atoms with Gasteiger partial charge in [-0.2, -0.15) is 0 Å². The molecule has 13 aromatic rings. The minimum absolute atomic E-state index is 0.864. The van der Waals surface area contributed by atoms with Crippen LogP contribution in [0.2, 0.25) is 0 Å². The third kappa shape index (κ3) is 5.53. The van der Waals surface area contributed by atoms with E-state index in [-0.39, 0.29) is 0 Å². The molecule has 0 unspecified atom stereocenters. The van der Waals surface area contributed by atoms with Crippen LogP contribution < -0.4 is 4.90 Å². The van der Waals surface area contributed by atoms with Crippen LogP contribution in [0.1, 0.15) is 0 Å². The van der Waals surface area contributed by atoms with Crippen molar-refractivity contribution in [1.82, 2.24) is 4.57 Å².